The predicted molar refractivity (Wildman–Crippen MR) is 77.7 cm³/mol. The Morgan fingerprint density at radius 3 is 2.44 bits per heavy atom. The van der Waals surface area contributed by atoms with Crippen LogP contribution in [-0.2, 0) is 0 Å². The van der Waals surface area contributed by atoms with Gasteiger partial charge in [0.25, 0.3) is 0 Å². The van der Waals surface area contributed by atoms with Gasteiger partial charge in [0.1, 0.15) is 5.01 Å². The van der Waals surface area contributed by atoms with Gasteiger partial charge in [0.2, 0.25) is 0 Å². The summed E-state index contributed by atoms with van der Waals surface area (Å²) in [4.78, 5) is 5.74. The Balaban J connectivity index is 2.00. The Labute approximate surface area is 111 Å². The smallest absolute Gasteiger partial charge is 0.123 e. The number of aryl methyl sites for hydroxylation is 1. The van der Waals surface area contributed by atoms with Crippen molar-refractivity contribution in [2.45, 2.75) is 6.92 Å². The maximum Gasteiger partial charge on any atom is 0.123 e. The lowest BCUT2D eigenvalue weighted by Gasteiger charge is -1.97. The van der Waals surface area contributed by atoms with E-state index in [1.54, 1.807) is 11.3 Å². The maximum atomic E-state index is 4.52. The summed E-state index contributed by atoms with van der Waals surface area (Å²) in [5.74, 6) is 0. The van der Waals surface area contributed by atoms with Crippen LogP contribution < -0.4 is 0 Å². The Kier molecular flexibility index (Phi) is 2.95. The van der Waals surface area contributed by atoms with Crippen molar-refractivity contribution in [3.05, 3.63) is 66.4 Å². The second kappa shape index (κ2) is 4.75. The number of hydrogen-bond donors (Lipinski definition) is 0. The molecule has 0 amide bonds. The summed E-state index contributed by atoms with van der Waals surface area (Å²) in [6.45, 7) is 2.11. The van der Waals surface area contributed by atoms with Crippen LogP contribution >= 0.6 is 11.3 Å². The van der Waals surface area contributed by atoms with Gasteiger partial charge in [0, 0.05) is 11.8 Å². The molecule has 3 rings (SSSR count). The van der Waals surface area contributed by atoms with Crippen LogP contribution in [0.15, 0.2) is 60.8 Å². The van der Waals surface area contributed by atoms with Gasteiger partial charge in [0.05, 0.1) is 4.88 Å². The van der Waals surface area contributed by atoms with Crippen molar-refractivity contribution in [2.24, 2.45) is 0 Å². The van der Waals surface area contributed by atoms with E-state index in [1.807, 2.05) is 12.3 Å². The second-order valence-electron chi connectivity index (χ2n) is 4.27. The van der Waals surface area contributed by atoms with Gasteiger partial charge >= 0.3 is 0 Å². The molecule has 0 atom stereocenters. The average molecular weight is 251 g/mol. The SMILES string of the molecule is Cc1cccc(-c2ncc(-c3ccccc3)s2)c1. The molecule has 0 fully saturated rings. The van der Waals surface area contributed by atoms with Crippen molar-refractivity contribution >= 4 is 11.3 Å². The van der Waals surface area contributed by atoms with Crippen LogP contribution in [0.3, 0.4) is 0 Å². The monoisotopic (exact) mass is 251 g/mol. The van der Waals surface area contributed by atoms with Crippen molar-refractivity contribution in [1.82, 2.24) is 4.98 Å². The Morgan fingerprint density at radius 1 is 0.889 bits per heavy atom. The van der Waals surface area contributed by atoms with E-state index in [0.717, 1.165) is 5.01 Å². The van der Waals surface area contributed by atoms with Crippen LogP contribution in [0.1, 0.15) is 5.56 Å². The van der Waals surface area contributed by atoms with Gasteiger partial charge in [-0.2, -0.15) is 0 Å². The molecular weight excluding hydrogens is 238 g/mol. The summed E-state index contributed by atoms with van der Waals surface area (Å²) < 4.78 is 0. The van der Waals surface area contributed by atoms with E-state index in [1.165, 1.54) is 21.6 Å². The van der Waals surface area contributed by atoms with Crippen molar-refractivity contribution < 1.29 is 0 Å². The minimum atomic E-state index is 1.08. The standard InChI is InChI=1S/C16H13NS/c1-12-6-5-9-14(10-12)16-17-11-15(18-16)13-7-3-2-4-8-13/h2-11H,1H3. The van der Waals surface area contributed by atoms with Gasteiger partial charge in [-0.05, 0) is 18.6 Å². The first kappa shape index (κ1) is 11.2. The fourth-order valence-electron chi connectivity index (χ4n) is 1.92. The summed E-state index contributed by atoms with van der Waals surface area (Å²) >= 11 is 1.74. The number of hydrogen-bond acceptors (Lipinski definition) is 2. The third-order valence-electron chi connectivity index (χ3n) is 2.83. The van der Waals surface area contributed by atoms with E-state index >= 15 is 0 Å². The predicted octanol–water partition coefficient (Wildman–Crippen LogP) is 4.79. The first-order valence-corrected chi connectivity index (χ1v) is 6.73. The molecule has 2 heteroatoms. The van der Waals surface area contributed by atoms with Gasteiger partial charge < -0.3 is 0 Å². The zero-order valence-electron chi connectivity index (χ0n) is 10.1. The maximum absolute atomic E-state index is 4.52. The lowest BCUT2D eigenvalue weighted by Crippen LogP contribution is -1.76. The van der Waals surface area contributed by atoms with Gasteiger partial charge in [0.15, 0.2) is 0 Å². The largest absolute Gasteiger partial charge is 0.244 e. The number of rotatable bonds is 2. The quantitative estimate of drug-likeness (QED) is 0.638. The van der Waals surface area contributed by atoms with E-state index in [2.05, 4.69) is 60.4 Å². The summed E-state index contributed by atoms with van der Waals surface area (Å²) in [5, 5.41) is 1.08. The zero-order chi connectivity index (χ0) is 12.4. The molecule has 0 spiro atoms. The molecule has 1 heterocycles. The van der Waals surface area contributed by atoms with Crippen molar-refractivity contribution in [3.8, 4) is 21.0 Å². The minimum absolute atomic E-state index is 1.08. The molecule has 1 nitrogen and oxygen atoms in total. The van der Waals surface area contributed by atoms with Crippen LogP contribution in [0.25, 0.3) is 21.0 Å². The van der Waals surface area contributed by atoms with Gasteiger partial charge in [-0.25, -0.2) is 4.98 Å². The summed E-state index contributed by atoms with van der Waals surface area (Å²) in [5.41, 5.74) is 3.69. The molecule has 18 heavy (non-hydrogen) atoms. The third kappa shape index (κ3) is 2.20. The second-order valence-corrected chi connectivity index (χ2v) is 5.30. The minimum Gasteiger partial charge on any atom is -0.244 e. The molecule has 0 aliphatic heterocycles. The molecule has 1 aromatic heterocycles. The van der Waals surface area contributed by atoms with Crippen molar-refractivity contribution in [3.63, 3.8) is 0 Å². The van der Waals surface area contributed by atoms with Crippen molar-refractivity contribution in [2.75, 3.05) is 0 Å². The molecule has 0 aliphatic carbocycles. The van der Waals surface area contributed by atoms with Crippen molar-refractivity contribution in [1.29, 1.82) is 0 Å². The Hall–Kier alpha value is -1.93. The first-order chi connectivity index (χ1) is 8.83. The zero-order valence-corrected chi connectivity index (χ0v) is 10.9. The fourth-order valence-corrected chi connectivity index (χ4v) is 2.84. The van der Waals surface area contributed by atoms with Crippen LogP contribution in [-0.4, -0.2) is 4.98 Å². The number of benzene rings is 2. The van der Waals surface area contributed by atoms with Crippen LogP contribution in [0.2, 0.25) is 0 Å². The van der Waals surface area contributed by atoms with E-state index < -0.39 is 0 Å². The van der Waals surface area contributed by atoms with Crippen LogP contribution in [0.4, 0.5) is 0 Å². The highest BCUT2D eigenvalue weighted by atomic mass is 32.1. The fraction of sp³-hybridized carbons (Fsp3) is 0.0625. The summed E-state index contributed by atoms with van der Waals surface area (Å²) in [6, 6.07) is 18.9. The van der Waals surface area contributed by atoms with E-state index in [9.17, 15) is 0 Å². The normalized spacial score (nSPS) is 10.5. The van der Waals surface area contributed by atoms with Crippen LogP contribution in [0.5, 0.6) is 0 Å². The summed E-state index contributed by atoms with van der Waals surface area (Å²) in [6.07, 6.45) is 1.96. The topological polar surface area (TPSA) is 12.9 Å². The molecular formula is C16H13NS. The average Bonchev–Trinajstić information content (AvgIpc) is 2.89. The lowest BCUT2D eigenvalue weighted by molar-refractivity contribution is 1.39. The Bertz CT molecular complexity index is 656. The number of nitrogens with zero attached hydrogens (tertiary/aromatic N) is 1. The third-order valence-corrected chi connectivity index (χ3v) is 3.92. The molecule has 0 saturated carbocycles. The van der Waals surface area contributed by atoms with Gasteiger partial charge in [-0.3, -0.25) is 0 Å². The number of aromatic nitrogens is 1. The molecule has 0 saturated heterocycles. The first-order valence-electron chi connectivity index (χ1n) is 5.91. The van der Waals surface area contributed by atoms with Gasteiger partial charge in [-0.15, -0.1) is 11.3 Å². The summed E-state index contributed by atoms with van der Waals surface area (Å²) in [7, 11) is 0. The number of thiazole rings is 1. The van der Waals surface area contributed by atoms with E-state index in [4.69, 9.17) is 0 Å². The lowest BCUT2D eigenvalue weighted by atomic mass is 10.1. The molecule has 0 N–H and O–H groups in total. The van der Waals surface area contributed by atoms with E-state index in [0.29, 0.717) is 0 Å². The molecule has 0 bridgehead atoms. The van der Waals surface area contributed by atoms with Gasteiger partial charge in [-0.1, -0.05) is 54.1 Å². The molecule has 3 aromatic rings. The molecule has 2 aromatic carbocycles. The molecule has 88 valence electrons. The van der Waals surface area contributed by atoms with E-state index in [-0.39, 0.29) is 0 Å². The highest BCUT2D eigenvalue weighted by Gasteiger charge is 2.06. The van der Waals surface area contributed by atoms with Crippen LogP contribution in [0, 0.1) is 6.92 Å². The Morgan fingerprint density at radius 2 is 1.67 bits per heavy atom. The highest BCUT2D eigenvalue weighted by Crippen LogP contribution is 2.31. The highest BCUT2D eigenvalue weighted by molar-refractivity contribution is 7.18. The molecule has 0 unspecified atom stereocenters. The molecule has 0 aliphatic rings. The molecule has 0 radical (unpaired) electrons.